The van der Waals surface area contributed by atoms with E-state index in [4.69, 9.17) is 10.2 Å². The van der Waals surface area contributed by atoms with Gasteiger partial charge in [-0.25, -0.2) is 9.59 Å². The molecule has 0 bridgehead atoms. The summed E-state index contributed by atoms with van der Waals surface area (Å²) >= 11 is 0. The van der Waals surface area contributed by atoms with Gasteiger partial charge >= 0.3 is 11.9 Å². The predicted octanol–water partition coefficient (Wildman–Crippen LogP) is 3.78. The Balaban J connectivity index is 0.000000956. The van der Waals surface area contributed by atoms with Crippen molar-refractivity contribution in [1.82, 2.24) is 0 Å². The molecule has 4 nitrogen and oxygen atoms in total. The van der Waals surface area contributed by atoms with Crippen LogP contribution in [0.3, 0.4) is 0 Å². The average Bonchev–Trinajstić information content (AvgIpc) is 2.49. The molecular formula is C16H16O4. The Morgan fingerprint density at radius 2 is 0.900 bits per heavy atom. The first-order valence-corrected chi connectivity index (χ1v) is 6.25. The maximum absolute atomic E-state index is 10.7. The lowest BCUT2D eigenvalue weighted by atomic mass is 10.0. The van der Waals surface area contributed by atoms with Crippen LogP contribution in [0.5, 0.6) is 0 Å². The molecular weight excluding hydrogens is 256 g/mol. The number of carboxylic acid groups (broad SMARTS) is 2. The van der Waals surface area contributed by atoms with Crippen molar-refractivity contribution < 1.29 is 19.8 Å². The van der Waals surface area contributed by atoms with E-state index < -0.39 is 11.9 Å². The summed E-state index contributed by atoms with van der Waals surface area (Å²) in [6.45, 7) is 4.00. The molecule has 0 spiro atoms. The topological polar surface area (TPSA) is 74.6 Å². The van der Waals surface area contributed by atoms with E-state index in [1.54, 1.807) is 24.3 Å². The second kappa shape index (κ2) is 7.09. The van der Waals surface area contributed by atoms with Gasteiger partial charge in [0.05, 0.1) is 11.1 Å². The first-order valence-electron chi connectivity index (χ1n) is 6.25. The molecule has 0 aliphatic carbocycles. The Morgan fingerprint density at radius 3 is 1.10 bits per heavy atom. The lowest BCUT2D eigenvalue weighted by molar-refractivity contribution is 0.0686. The zero-order chi connectivity index (χ0) is 15.1. The van der Waals surface area contributed by atoms with E-state index in [1.807, 2.05) is 13.8 Å². The highest BCUT2D eigenvalue weighted by Gasteiger charge is 2.05. The van der Waals surface area contributed by atoms with Crippen molar-refractivity contribution in [1.29, 1.82) is 0 Å². The minimum atomic E-state index is -0.970. The standard InChI is InChI=1S/C14H10O4.C2H6/c15-13(16)11-5-1-9(2-6-11)10-3-7-12(8-4-10)14(17)18;1-2/h1-8H,(H,15,16)(H,17,18);1-2H3. The smallest absolute Gasteiger partial charge is 0.335 e. The summed E-state index contributed by atoms with van der Waals surface area (Å²) in [7, 11) is 0. The van der Waals surface area contributed by atoms with Crippen LogP contribution in [0.1, 0.15) is 34.6 Å². The largest absolute Gasteiger partial charge is 0.478 e. The van der Waals surface area contributed by atoms with Gasteiger partial charge in [0.15, 0.2) is 0 Å². The van der Waals surface area contributed by atoms with Crippen LogP contribution < -0.4 is 0 Å². The molecule has 0 heterocycles. The molecule has 0 aromatic heterocycles. The molecule has 0 aliphatic heterocycles. The summed E-state index contributed by atoms with van der Waals surface area (Å²) in [5.74, 6) is -1.94. The van der Waals surface area contributed by atoms with Crippen molar-refractivity contribution >= 4 is 11.9 Å². The average molecular weight is 272 g/mol. The summed E-state index contributed by atoms with van der Waals surface area (Å²) in [5.41, 5.74) is 2.13. The van der Waals surface area contributed by atoms with Crippen LogP contribution in [0, 0.1) is 0 Å². The number of benzene rings is 2. The number of aromatic carboxylic acids is 2. The highest BCUT2D eigenvalue weighted by Crippen LogP contribution is 2.20. The fraction of sp³-hybridized carbons (Fsp3) is 0.125. The zero-order valence-corrected chi connectivity index (χ0v) is 11.3. The Labute approximate surface area is 117 Å². The van der Waals surface area contributed by atoms with E-state index in [1.165, 1.54) is 24.3 Å². The van der Waals surface area contributed by atoms with E-state index >= 15 is 0 Å². The molecule has 4 heteroatoms. The van der Waals surface area contributed by atoms with E-state index in [9.17, 15) is 9.59 Å². The Morgan fingerprint density at radius 1 is 0.650 bits per heavy atom. The van der Waals surface area contributed by atoms with E-state index in [2.05, 4.69) is 0 Å². The molecule has 0 saturated heterocycles. The maximum atomic E-state index is 10.7. The molecule has 0 fully saturated rings. The second-order valence-electron chi connectivity index (χ2n) is 3.77. The summed E-state index contributed by atoms with van der Waals surface area (Å²) in [4.78, 5) is 21.4. The van der Waals surface area contributed by atoms with Gasteiger partial charge in [-0.2, -0.15) is 0 Å². The third-order valence-electron chi connectivity index (χ3n) is 2.60. The molecule has 2 aromatic carbocycles. The molecule has 2 rings (SSSR count). The Bertz CT molecular complexity index is 527. The predicted molar refractivity (Wildman–Crippen MR) is 77.1 cm³/mol. The summed E-state index contributed by atoms with van der Waals surface area (Å²) < 4.78 is 0. The van der Waals surface area contributed by atoms with Crippen molar-refractivity contribution in [3.8, 4) is 11.1 Å². The van der Waals surface area contributed by atoms with Crippen molar-refractivity contribution in [3.63, 3.8) is 0 Å². The van der Waals surface area contributed by atoms with Gasteiger partial charge in [0.2, 0.25) is 0 Å². The maximum Gasteiger partial charge on any atom is 0.335 e. The molecule has 0 radical (unpaired) electrons. The summed E-state index contributed by atoms with van der Waals surface area (Å²) in [5, 5.41) is 17.6. The third-order valence-corrected chi connectivity index (χ3v) is 2.60. The van der Waals surface area contributed by atoms with E-state index in [0.29, 0.717) is 0 Å². The van der Waals surface area contributed by atoms with Crippen LogP contribution >= 0.6 is 0 Å². The number of rotatable bonds is 3. The SMILES string of the molecule is CC.O=C(O)c1ccc(-c2ccc(C(=O)O)cc2)cc1. The van der Waals surface area contributed by atoms with Gasteiger partial charge in [0, 0.05) is 0 Å². The zero-order valence-electron chi connectivity index (χ0n) is 11.3. The third kappa shape index (κ3) is 3.68. The van der Waals surface area contributed by atoms with E-state index in [0.717, 1.165) is 11.1 Å². The fourth-order valence-electron chi connectivity index (χ4n) is 1.61. The number of hydrogen-bond donors (Lipinski definition) is 2. The molecule has 104 valence electrons. The fourth-order valence-corrected chi connectivity index (χ4v) is 1.61. The molecule has 0 amide bonds. The van der Waals surface area contributed by atoms with Crippen LogP contribution in [0.2, 0.25) is 0 Å². The van der Waals surface area contributed by atoms with Gasteiger partial charge in [-0.3, -0.25) is 0 Å². The molecule has 0 unspecified atom stereocenters. The molecule has 0 saturated carbocycles. The van der Waals surface area contributed by atoms with Crippen molar-refractivity contribution in [2.45, 2.75) is 13.8 Å². The van der Waals surface area contributed by atoms with Gasteiger partial charge in [-0.05, 0) is 35.4 Å². The molecule has 0 aliphatic rings. The van der Waals surface area contributed by atoms with Crippen LogP contribution in [0.15, 0.2) is 48.5 Å². The Hall–Kier alpha value is -2.62. The monoisotopic (exact) mass is 272 g/mol. The lowest BCUT2D eigenvalue weighted by Gasteiger charge is -2.03. The van der Waals surface area contributed by atoms with E-state index in [-0.39, 0.29) is 11.1 Å². The first kappa shape index (κ1) is 15.4. The molecule has 2 N–H and O–H groups in total. The van der Waals surface area contributed by atoms with Gasteiger partial charge in [0.25, 0.3) is 0 Å². The number of carboxylic acids is 2. The van der Waals surface area contributed by atoms with Crippen LogP contribution in [-0.2, 0) is 0 Å². The Kier molecular flexibility index (Phi) is 5.47. The molecule has 2 aromatic rings. The van der Waals surface area contributed by atoms with Crippen molar-refractivity contribution in [2.75, 3.05) is 0 Å². The van der Waals surface area contributed by atoms with Crippen LogP contribution in [0.4, 0.5) is 0 Å². The lowest BCUT2D eigenvalue weighted by Crippen LogP contribution is -1.96. The summed E-state index contributed by atoms with van der Waals surface area (Å²) in [6.07, 6.45) is 0. The highest BCUT2D eigenvalue weighted by atomic mass is 16.4. The van der Waals surface area contributed by atoms with Crippen LogP contribution in [-0.4, -0.2) is 22.2 Å². The van der Waals surface area contributed by atoms with Gasteiger partial charge in [-0.1, -0.05) is 38.1 Å². The van der Waals surface area contributed by atoms with Gasteiger partial charge in [-0.15, -0.1) is 0 Å². The highest BCUT2D eigenvalue weighted by molar-refractivity contribution is 5.89. The number of carbonyl (C=O) groups is 2. The normalized spacial score (nSPS) is 9.30. The van der Waals surface area contributed by atoms with Crippen LogP contribution in [0.25, 0.3) is 11.1 Å². The van der Waals surface area contributed by atoms with Gasteiger partial charge in [0.1, 0.15) is 0 Å². The second-order valence-corrected chi connectivity index (χ2v) is 3.77. The van der Waals surface area contributed by atoms with Gasteiger partial charge < -0.3 is 10.2 Å². The first-order chi connectivity index (χ1) is 9.58. The molecule has 20 heavy (non-hydrogen) atoms. The minimum absolute atomic E-state index is 0.223. The minimum Gasteiger partial charge on any atom is -0.478 e. The van der Waals surface area contributed by atoms with Crippen molar-refractivity contribution in [2.24, 2.45) is 0 Å². The van der Waals surface area contributed by atoms with Crippen molar-refractivity contribution in [3.05, 3.63) is 59.7 Å². The summed E-state index contributed by atoms with van der Waals surface area (Å²) in [6, 6.07) is 12.8. The number of hydrogen-bond acceptors (Lipinski definition) is 2. The quantitative estimate of drug-likeness (QED) is 0.891. The molecule has 0 atom stereocenters.